The lowest BCUT2D eigenvalue weighted by molar-refractivity contribution is -0.137. The quantitative estimate of drug-likeness (QED) is 0.921. The number of halogens is 3. The molecule has 0 atom stereocenters. The summed E-state index contributed by atoms with van der Waals surface area (Å²) < 4.78 is 37.2. The van der Waals surface area contributed by atoms with Gasteiger partial charge in [0.2, 0.25) is 0 Å². The Kier molecular flexibility index (Phi) is 4.25. The molecule has 1 rings (SSSR count). The van der Waals surface area contributed by atoms with Crippen LogP contribution in [0.3, 0.4) is 0 Å². The Morgan fingerprint density at radius 3 is 2.05 bits per heavy atom. The first-order chi connectivity index (χ1) is 8.59. The number of aliphatic hydroxyl groups excluding tert-OH is 1. The molecule has 0 heterocycles. The molecule has 0 spiro atoms. The summed E-state index contributed by atoms with van der Waals surface area (Å²) in [4.78, 5) is 13.3. The minimum Gasteiger partial charge on any atom is -0.394 e. The van der Waals surface area contributed by atoms with Crippen LogP contribution in [0.2, 0.25) is 0 Å². The van der Waals surface area contributed by atoms with E-state index in [9.17, 15) is 18.0 Å². The van der Waals surface area contributed by atoms with Crippen LogP contribution in [0.4, 0.5) is 13.2 Å². The predicted octanol–water partition coefficient (Wildman–Crippen LogP) is 2.55. The van der Waals surface area contributed by atoms with Gasteiger partial charge in [-0.15, -0.1) is 0 Å². The van der Waals surface area contributed by atoms with E-state index < -0.39 is 23.2 Å². The lowest BCUT2D eigenvalue weighted by atomic mass is 10.0. The van der Waals surface area contributed by atoms with Gasteiger partial charge in [0, 0.05) is 12.6 Å². The van der Waals surface area contributed by atoms with E-state index in [0.29, 0.717) is 0 Å². The number of alkyl halides is 3. The minimum atomic E-state index is -4.42. The van der Waals surface area contributed by atoms with Crippen LogP contribution >= 0.6 is 0 Å². The molecule has 0 aliphatic rings. The molecular formula is C13H16F3NO2. The van der Waals surface area contributed by atoms with Crippen molar-refractivity contribution in [2.24, 2.45) is 0 Å². The van der Waals surface area contributed by atoms with E-state index >= 15 is 0 Å². The normalized spacial score (nSPS) is 12.4. The van der Waals surface area contributed by atoms with Gasteiger partial charge in [-0.25, -0.2) is 0 Å². The first kappa shape index (κ1) is 15.5. The molecule has 19 heavy (non-hydrogen) atoms. The lowest BCUT2D eigenvalue weighted by Crippen LogP contribution is -2.47. The second-order valence-corrected chi connectivity index (χ2v) is 4.91. The molecule has 1 aromatic carbocycles. The minimum absolute atomic E-state index is 0.150. The fourth-order valence-corrected chi connectivity index (χ4v) is 1.38. The molecule has 106 valence electrons. The fourth-order valence-electron chi connectivity index (χ4n) is 1.38. The van der Waals surface area contributed by atoms with Crippen molar-refractivity contribution in [3.05, 3.63) is 35.4 Å². The van der Waals surface area contributed by atoms with Crippen LogP contribution in [0.1, 0.15) is 29.8 Å². The average Bonchev–Trinajstić information content (AvgIpc) is 2.36. The number of likely N-dealkylation sites (N-methyl/N-ethyl adjacent to an activating group) is 1. The number of hydrogen-bond acceptors (Lipinski definition) is 2. The van der Waals surface area contributed by atoms with E-state index in [1.54, 1.807) is 13.8 Å². The van der Waals surface area contributed by atoms with Gasteiger partial charge in [0.25, 0.3) is 5.91 Å². The molecule has 0 saturated heterocycles. The highest BCUT2D eigenvalue weighted by Crippen LogP contribution is 2.29. The maximum atomic E-state index is 12.4. The topological polar surface area (TPSA) is 40.5 Å². The van der Waals surface area contributed by atoms with E-state index in [0.717, 1.165) is 24.3 Å². The Morgan fingerprint density at radius 2 is 1.68 bits per heavy atom. The zero-order valence-corrected chi connectivity index (χ0v) is 11.0. The molecular weight excluding hydrogens is 259 g/mol. The Morgan fingerprint density at radius 1 is 1.21 bits per heavy atom. The number of benzene rings is 1. The number of nitrogens with zero attached hydrogens (tertiary/aromatic N) is 1. The second kappa shape index (κ2) is 5.21. The van der Waals surface area contributed by atoms with Crippen LogP contribution in [0.15, 0.2) is 24.3 Å². The van der Waals surface area contributed by atoms with Gasteiger partial charge < -0.3 is 10.0 Å². The zero-order valence-electron chi connectivity index (χ0n) is 11.0. The number of hydrogen-bond donors (Lipinski definition) is 1. The Hall–Kier alpha value is -1.56. The van der Waals surface area contributed by atoms with Gasteiger partial charge in [0.15, 0.2) is 0 Å². The molecule has 0 bridgehead atoms. The maximum absolute atomic E-state index is 12.4. The van der Waals surface area contributed by atoms with E-state index in [1.807, 2.05) is 0 Å². The molecule has 0 aliphatic heterocycles. The summed E-state index contributed by atoms with van der Waals surface area (Å²) in [5.41, 5.74) is -1.43. The van der Waals surface area contributed by atoms with Gasteiger partial charge in [-0.1, -0.05) is 0 Å². The number of carbonyl (C=O) groups excluding carboxylic acids is 1. The van der Waals surface area contributed by atoms with Crippen molar-refractivity contribution in [3.63, 3.8) is 0 Å². The summed E-state index contributed by atoms with van der Waals surface area (Å²) in [5, 5.41) is 9.17. The Bertz CT molecular complexity index is 452. The molecule has 0 aromatic heterocycles. The third-order valence-corrected chi connectivity index (χ3v) is 3.06. The molecule has 1 aromatic rings. The lowest BCUT2D eigenvalue weighted by Gasteiger charge is -2.34. The van der Waals surface area contributed by atoms with E-state index in [2.05, 4.69) is 0 Å². The first-order valence-electron chi connectivity index (χ1n) is 5.66. The molecule has 6 heteroatoms. The van der Waals surface area contributed by atoms with Crippen molar-refractivity contribution >= 4 is 5.91 Å². The summed E-state index contributed by atoms with van der Waals surface area (Å²) in [6, 6.07) is 4.00. The SMILES string of the molecule is CN(C(=O)c1ccc(C(F)(F)F)cc1)C(C)(C)CO. The van der Waals surface area contributed by atoms with Gasteiger partial charge in [-0.2, -0.15) is 13.2 Å². The molecule has 1 N–H and O–H groups in total. The first-order valence-corrected chi connectivity index (χ1v) is 5.66. The van der Waals surface area contributed by atoms with Crippen LogP contribution in [0.25, 0.3) is 0 Å². The van der Waals surface area contributed by atoms with Crippen LogP contribution < -0.4 is 0 Å². The third kappa shape index (κ3) is 3.47. The smallest absolute Gasteiger partial charge is 0.394 e. The van der Waals surface area contributed by atoms with Crippen molar-refractivity contribution in [1.29, 1.82) is 0 Å². The fraction of sp³-hybridized carbons (Fsp3) is 0.462. The number of rotatable bonds is 3. The predicted molar refractivity (Wildman–Crippen MR) is 64.7 cm³/mol. The van der Waals surface area contributed by atoms with Gasteiger partial charge in [0.05, 0.1) is 17.7 Å². The van der Waals surface area contributed by atoms with Crippen LogP contribution in [-0.4, -0.2) is 35.1 Å². The van der Waals surface area contributed by atoms with Gasteiger partial charge in [0.1, 0.15) is 0 Å². The van der Waals surface area contributed by atoms with Crippen molar-refractivity contribution in [3.8, 4) is 0 Å². The van der Waals surface area contributed by atoms with E-state index in [4.69, 9.17) is 5.11 Å². The summed E-state index contributed by atoms with van der Waals surface area (Å²) >= 11 is 0. The zero-order chi connectivity index (χ0) is 14.8. The van der Waals surface area contributed by atoms with Gasteiger partial charge >= 0.3 is 6.18 Å². The van der Waals surface area contributed by atoms with E-state index in [-0.39, 0.29) is 12.2 Å². The number of carbonyl (C=O) groups is 1. The van der Waals surface area contributed by atoms with Crippen LogP contribution in [-0.2, 0) is 6.18 Å². The van der Waals surface area contributed by atoms with Crippen molar-refractivity contribution in [2.75, 3.05) is 13.7 Å². The Balaban J connectivity index is 2.96. The standard InChI is InChI=1S/C13H16F3NO2/c1-12(2,8-18)17(3)11(19)9-4-6-10(7-5-9)13(14,15)16/h4-7,18H,8H2,1-3H3. The highest BCUT2D eigenvalue weighted by Gasteiger charge is 2.31. The number of aliphatic hydroxyl groups is 1. The summed E-state index contributed by atoms with van der Waals surface area (Å²) in [6.45, 7) is 3.08. The van der Waals surface area contributed by atoms with E-state index in [1.165, 1.54) is 11.9 Å². The molecule has 3 nitrogen and oxygen atoms in total. The summed E-state index contributed by atoms with van der Waals surface area (Å²) in [6.07, 6.45) is -4.42. The van der Waals surface area contributed by atoms with Crippen molar-refractivity contribution < 1.29 is 23.1 Å². The van der Waals surface area contributed by atoms with Gasteiger partial charge in [-0.3, -0.25) is 4.79 Å². The molecule has 0 fully saturated rings. The van der Waals surface area contributed by atoms with Crippen molar-refractivity contribution in [2.45, 2.75) is 25.6 Å². The Labute approximate surface area is 109 Å². The van der Waals surface area contributed by atoms with Gasteiger partial charge in [-0.05, 0) is 38.1 Å². The van der Waals surface area contributed by atoms with Crippen LogP contribution in [0, 0.1) is 0 Å². The highest BCUT2D eigenvalue weighted by atomic mass is 19.4. The third-order valence-electron chi connectivity index (χ3n) is 3.06. The monoisotopic (exact) mass is 275 g/mol. The number of amides is 1. The molecule has 1 amide bonds. The molecule has 0 aliphatic carbocycles. The summed E-state index contributed by atoms with van der Waals surface area (Å²) in [5.74, 6) is -0.437. The highest BCUT2D eigenvalue weighted by molar-refractivity contribution is 5.94. The molecule has 0 saturated carbocycles. The van der Waals surface area contributed by atoms with Crippen molar-refractivity contribution in [1.82, 2.24) is 4.90 Å². The summed E-state index contributed by atoms with van der Waals surface area (Å²) in [7, 11) is 1.50. The molecule has 0 unspecified atom stereocenters. The van der Waals surface area contributed by atoms with Crippen LogP contribution in [0.5, 0.6) is 0 Å². The second-order valence-electron chi connectivity index (χ2n) is 4.91. The molecule has 0 radical (unpaired) electrons. The average molecular weight is 275 g/mol. The maximum Gasteiger partial charge on any atom is 0.416 e. The largest absolute Gasteiger partial charge is 0.416 e.